The number of nitrogens with zero attached hydrogens (tertiary/aromatic N) is 7. The van der Waals surface area contributed by atoms with Crippen molar-refractivity contribution < 1.29 is 9.85 Å². The number of non-ortho nitro benzene ring substituents is 2. The number of benzene rings is 8. The predicted octanol–water partition coefficient (Wildman–Crippen LogP) is 22.8. The summed E-state index contributed by atoms with van der Waals surface area (Å²) >= 11 is 13.1. The van der Waals surface area contributed by atoms with Gasteiger partial charge < -0.3 is 64.6 Å². The van der Waals surface area contributed by atoms with Crippen LogP contribution >= 0.6 is 63.7 Å². The minimum Gasteiger partial charge on any atom is -0.399 e. The summed E-state index contributed by atoms with van der Waals surface area (Å²) in [5, 5.41) is 24.9. The summed E-state index contributed by atoms with van der Waals surface area (Å²) in [7, 11) is 0. The first-order valence-corrected chi connectivity index (χ1v) is 43.4. The number of nitrogen functional groups attached to an aromatic ring is 7. The van der Waals surface area contributed by atoms with Gasteiger partial charge in [0, 0.05) is 179 Å². The van der Waals surface area contributed by atoms with Gasteiger partial charge in [-0.15, -0.1) is 0 Å². The maximum absolute atomic E-state index is 10.4. The van der Waals surface area contributed by atoms with Gasteiger partial charge in [-0.25, -0.2) is 0 Å². The molecule has 22 heteroatoms. The molecule has 11 rings (SSSR count). The third-order valence-electron chi connectivity index (χ3n) is 19.6. The lowest BCUT2D eigenvalue weighted by molar-refractivity contribution is -0.385. The third-order valence-corrected chi connectivity index (χ3v) is 21.8. The maximum atomic E-state index is 10.4. The van der Waals surface area contributed by atoms with E-state index < -0.39 is 4.92 Å². The molecule has 8 aromatic carbocycles. The van der Waals surface area contributed by atoms with Crippen LogP contribution in [0.4, 0.5) is 79.6 Å². The topological polar surface area (TPSA) is 285 Å². The first-order valence-electron chi connectivity index (χ1n) is 38.9. The van der Waals surface area contributed by atoms with Crippen LogP contribution in [0, 0.1) is 124 Å². The van der Waals surface area contributed by atoms with E-state index in [9.17, 15) is 20.2 Å². The average Bonchev–Trinajstić information content (AvgIpc) is 0.843. The summed E-state index contributed by atoms with van der Waals surface area (Å²) in [4.78, 5) is 31.6. The standard InChI is InChI=1S/C13H20N2.C13H22N2.C13H21N.C10H12N2O2.C10H14N2.C9H14N2.C9H13N.C6H6N2O2.2C3H6Br2/c1-9-8-10(2)13(11(3)12(9)14)15-6-4-5-7-15;1-6-15(7-2)13-10(4)8-9(3)12(14)11(13)5;1-6-14(7-2)13-11(4)8-10(3)9-12(13)5;13-12(14)10-5-3-9(4-6-10)11-7-1-2-8-11;11-9-3-5-10(6-4-9)12-7-1-2-8-12;1-5-4-6(2)9(11)7(3)8(5)10;1-6-4-7(2)9(10)8(3)5-6;7-5-1-3-6(4-2-5)8(9)10;2*4-2-1-3-5/h8H,4-7,14H2,1-3H3;8H,6-7,14H2,1-5H3;8-9H,6-7H2,1-5H3;3-6H,1-2,7-8H2;3-6H,1-2,7-8,11H2;4H,10-11H2,1-3H3;4-5H,10H2,1-3H3;1-4H,7H2;2*1-3H2. The van der Waals surface area contributed by atoms with Crippen LogP contribution in [0.3, 0.4) is 0 Å². The molecule has 0 unspecified atom stereocenters. The second kappa shape index (κ2) is 52.4. The Hall–Kier alpha value is -7.92. The van der Waals surface area contributed by atoms with E-state index in [1.54, 1.807) is 12.1 Å². The maximum Gasteiger partial charge on any atom is 0.269 e. The molecule has 0 atom stereocenters. The summed E-state index contributed by atoms with van der Waals surface area (Å²) in [6, 6.07) is 35.8. The fourth-order valence-electron chi connectivity index (χ4n) is 13.6. The molecule has 3 fully saturated rings. The Morgan fingerprint density at radius 2 is 0.595 bits per heavy atom. The number of halogens is 4. The van der Waals surface area contributed by atoms with E-state index >= 15 is 0 Å². The van der Waals surface area contributed by atoms with E-state index in [4.69, 9.17) is 40.1 Å². The van der Waals surface area contributed by atoms with Crippen LogP contribution < -0.4 is 64.6 Å². The van der Waals surface area contributed by atoms with Crippen molar-refractivity contribution in [3.8, 4) is 0 Å². The fraction of sp³-hybridized carbons (Fsp3) is 0.461. The lowest BCUT2D eigenvalue weighted by Crippen LogP contribution is -2.24. The van der Waals surface area contributed by atoms with Gasteiger partial charge >= 0.3 is 0 Å². The Morgan fingerprint density at radius 3 is 0.928 bits per heavy atom. The first kappa shape index (κ1) is 99.2. The minimum atomic E-state index is -0.459. The normalized spacial score (nSPS) is 12.2. The van der Waals surface area contributed by atoms with Crippen LogP contribution in [0.25, 0.3) is 0 Å². The van der Waals surface area contributed by atoms with Gasteiger partial charge in [0.15, 0.2) is 0 Å². The van der Waals surface area contributed by atoms with Crippen LogP contribution in [-0.2, 0) is 0 Å². The first-order chi connectivity index (χ1) is 52.5. The Morgan fingerprint density at radius 1 is 0.333 bits per heavy atom. The Kier molecular flexibility index (Phi) is 46.8. The lowest BCUT2D eigenvalue weighted by atomic mass is 10.0. The molecule has 8 aromatic rings. The Labute approximate surface area is 701 Å². The molecule has 3 heterocycles. The fourth-order valence-corrected chi connectivity index (χ4v) is 16.2. The predicted molar refractivity (Wildman–Crippen MR) is 503 cm³/mol. The number of hydrogen-bond donors (Lipinski definition) is 7. The van der Waals surface area contributed by atoms with Gasteiger partial charge in [0.2, 0.25) is 0 Å². The van der Waals surface area contributed by atoms with Crippen molar-refractivity contribution in [2.24, 2.45) is 0 Å². The van der Waals surface area contributed by atoms with Crippen molar-refractivity contribution >= 4 is 143 Å². The zero-order chi connectivity index (χ0) is 83.8. The lowest BCUT2D eigenvalue weighted by Gasteiger charge is -2.26. The SMILES string of the molecule is BrCCCBr.BrCCCBr.CCN(CC)c1c(C)cc(C)c(N)c1C.CCN(CC)c1c(C)cc(C)cc1C.Cc1cc(C)c(N)c(C)c1.Cc1cc(C)c(N)c(C)c1N.Cc1cc(C)c(N2CCCC2)c(C)c1N.Nc1ccc(N2CCCC2)cc1.Nc1ccc([N+](=O)[O-])cc1.O=[N+]([O-])c1ccc(N2CCCC2)cc1. The van der Waals surface area contributed by atoms with Crippen molar-refractivity contribution in [3.05, 3.63) is 219 Å². The monoisotopic (exact) mass is 1780 g/mol. The molecule has 3 aliphatic heterocycles. The number of nitro groups is 2. The average molecular weight is 1780 g/mol. The summed E-state index contributed by atoms with van der Waals surface area (Å²) in [5.41, 5.74) is 71.5. The van der Waals surface area contributed by atoms with Gasteiger partial charge in [-0.3, -0.25) is 20.2 Å². The molecular weight excluding hydrogens is 1650 g/mol. The number of nitrogens with two attached hydrogens (primary N) is 7. The summed E-state index contributed by atoms with van der Waals surface area (Å²) in [6.45, 7) is 51.3. The Balaban J connectivity index is 0.000000424. The second-order valence-corrected chi connectivity index (χ2v) is 31.6. The summed E-state index contributed by atoms with van der Waals surface area (Å²) in [5.74, 6) is 0. The molecular formula is C89H134Br4N14O4. The highest BCUT2D eigenvalue weighted by molar-refractivity contribution is 9.10. The van der Waals surface area contributed by atoms with Gasteiger partial charge in [0.25, 0.3) is 11.4 Å². The molecule has 612 valence electrons. The quantitative estimate of drug-likeness (QED) is 0.0217. The van der Waals surface area contributed by atoms with Gasteiger partial charge in [-0.05, 0) is 304 Å². The van der Waals surface area contributed by atoms with E-state index in [0.717, 1.165) is 117 Å². The van der Waals surface area contributed by atoms with Crippen LogP contribution in [0.5, 0.6) is 0 Å². The van der Waals surface area contributed by atoms with Gasteiger partial charge in [-0.1, -0.05) is 117 Å². The van der Waals surface area contributed by atoms with E-state index in [-0.39, 0.29) is 16.3 Å². The second-order valence-electron chi connectivity index (χ2n) is 28.4. The van der Waals surface area contributed by atoms with Gasteiger partial charge in [0.05, 0.1) is 9.85 Å². The van der Waals surface area contributed by atoms with Crippen LogP contribution in [0.15, 0.2) is 115 Å². The molecule has 14 N–H and O–H groups in total. The number of hydrogen-bond acceptors (Lipinski definition) is 16. The van der Waals surface area contributed by atoms with E-state index in [2.05, 4.69) is 234 Å². The smallest absolute Gasteiger partial charge is 0.269 e. The number of anilines is 12. The van der Waals surface area contributed by atoms with Crippen molar-refractivity contribution in [2.45, 2.75) is 183 Å². The minimum absolute atomic E-state index is 0.0641. The van der Waals surface area contributed by atoms with Gasteiger partial charge in [0.1, 0.15) is 0 Å². The summed E-state index contributed by atoms with van der Waals surface area (Å²) < 4.78 is 0. The Bertz CT molecular complexity index is 3940. The molecule has 0 radical (unpaired) electrons. The largest absolute Gasteiger partial charge is 0.399 e. The molecule has 3 aliphatic rings. The van der Waals surface area contributed by atoms with Crippen molar-refractivity contribution in [3.63, 3.8) is 0 Å². The molecule has 0 aliphatic carbocycles. The molecule has 0 amide bonds. The molecule has 3 saturated heterocycles. The van der Waals surface area contributed by atoms with Gasteiger partial charge in [-0.2, -0.15) is 0 Å². The van der Waals surface area contributed by atoms with E-state index in [1.807, 2.05) is 65.0 Å². The molecule has 0 spiro atoms. The molecule has 18 nitrogen and oxygen atoms in total. The van der Waals surface area contributed by atoms with E-state index in [1.165, 1.54) is 191 Å². The van der Waals surface area contributed by atoms with Crippen LogP contribution in [-0.4, -0.2) is 96.6 Å². The van der Waals surface area contributed by atoms with E-state index in [0.29, 0.717) is 5.69 Å². The number of aryl methyl sites for hydroxylation is 12. The number of alkyl halides is 4. The highest BCUT2D eigenvalue weighted by atomic mass is 79.9. The van der Waals surface area contributed by atoms with Crippen LogP contribution in [0.1, 0.15) is 163 Å². The third kappa shape index (κ3) is 33.4. The molecule has 0 bridgehead atoms. The molecule has 0 saturated carbocycles. The number of nitro benzene ring substituents is 2. The number of rotatable bonds is 15. The van der Waals surface area contributed by atoms with Crippen molar-refractivity contribution in [1.29, 1.82) is 0 Å². The highest BCUT2D eigenvalue weighted by Crippen LogP contribution is 2.35. The molecule has 111 heavy (non-hydrogen) atoms. The van der Waals surface area contributed by atoms with Crippen molar-refractivity contribution in [2.75, 3.05) is 151 Å². The zero-order valence-electron chi connectivity index (χ0n) is 70.3. The zero-order valence-corrected chi connectivity index (χ0v) is 76.7. The van der Waals surface area contributed by atoms with Crippen molar-refractivity contribution in [1.82, 2.24) is 0 Å². The molecule has 0 aromatic heterocycles. The van der Waals surface area contributed by atoms with Crippen LogP contribution in [0.2, 0.25) is 0 Å². The highest BCUT2D eigenvalue weighted by Gasteiger charge is 2.20. The summed E-state index contributed by atoms with van der Waals surface area (Å²) in [6.07, 6.45) is 10.2.